The third-order valence-electron chi connectivity index (χ3n) is 9.41. The highest BCUT2D eigenvalue weighted by Crippen LogP contribution is 2.39. The Labute approximate surface area is 283 Å². The Morgan fingerprint density at radius 1 is 0.460 bits per heavy atom. The first-order valence-corrected chi connectivity index (χ1v) is 16.4. The molecule has 11 rings (SSSR count). The van der Waals surface area contributed by atoms with E-state index in [4.69, 9.17) is 28.8 Å². The first kappa shape index (κ1) is 26.9. The molecule has 0 fully saturated rings. The van der Waals surface area contributed by atoms with Crippen LogP contribution in [0.5, 0.6) is 0 Å². The van der Waals surface area contributed by atoms with Gasteiger partial charge in [-0.1, -0.05) is 97.1 Å². The minimum absolute atomic E-state index is 0.575. The average Bonchev–Trinajstić information content (AvgIpc) is 3.92. The molecule has 0 unspecified atom stereocenters. The summed E-state index contributed by atoms with van der Waals surface area (Å²) >= 11 is 0. The maximum atomic E-state index is 6.46. The summed E-state index contributed by atoms with van der Waals surface area (Å²) in [4.78, 5) is 20.2. The summed E-state index contributed by atoms with van der Waals surface area (Å²) in [6, 6.07) is 48.7. The molecule has 6 aromatic carbocycles. The summed E-state index contributed by atoms with van der Waals surface area (Å²) < 4.78 is 17.1. The molecule has 0 saturated heterocycles. The van der Waals surface area contributed by atoms with E-state index in [1.165, 1.54) is 0 Å². The molecule has 0 amide bonds. The molecule has 0 atom stereocenters. The van der Waals surface area contributed by atoms with E-state index in [9.17, 15) is 0 Å². The molecule has 234 valence electrons. The molecule has 50 heavy (non-hydrogen) atoms. The fourth-order valence-electron chi connectivity index (χ4n) is 7.16. The van der Waals surface area contributed by atoms with Crippen LogP contribution in [0, 0.1) is 0 Å². The number of para-hydroxylation sites is 3. The molecule has 0 bridgehead atoms. The predicted octanol–water partition coefficient (Wildman–Crippen LogP) is 10.3. The molecule has 0 spiro atoms. The van der Waals surface area contributed by atoms with Crippen molar-refractivity contribution in [2.75, 3.05) is 0 Å². The van der Waals surface area contributed by atoms with Crippen LogP contribution in [0.15, 0.2) is 154 Å². The molecule has 8 nitrogen and oxygen atoms in total. The smallest absolute Gasteiger partial charge is 0.234 e. The van der Waals surface area contributed by atoms with Gasteiger partial charge in [0.25, 0.3) is 0 Å². The lowest BCUT2D eigenvalue weighted by Crippen LogP contribution is -2.00. The lowest BCUT2D eigenvalue weighted by Gasteiger charge is -2.09. The fourth-order valence-corrected chi connectivity index (χ4v) is 7.16. The average molecular weight is 645 g/mol. The van der Waals surface area contributed by atoms with Gasteiger partial charge in [-0.15, -0.1) is 0 Å². The Morgan fingerprint density at radius 3 is 1.88 bits per heavy atom. The van der Waals surface area contributed by atoms with Crippen LogP contribution in [-0.2, 0) is 0 Å². The van der Waals surface area contributed by atoms with Crippen molar-refractivity contribution in [3.05, 3.63) is 146 Å². The largest absolute Gasteiger partial charge is 0.456 e. The van der Waals surface area contributed by atoms with E-state index in [0.717, 1.165) is 83.3 Å². The fraction of sp³-hybridized carbons (Fsp3) is 0. The van der Waals surface area contributed by atoms with Crippen LogP contribution >= 0.6 is 0 Å². The number of benzene rings is 6. The van der Waals surface area contributed by atoms with Crippen LogP contribution in [-0.4, -0.2) is 28.9 Å². The zero-order valence-corrected chi connectivity index (χ0v) is 26.4. The number of imidazole rings is 2. The zero-order chi connectivity index (χ0) is 32.8. The van der Waals surface area contributed by atoms with E-state index in [0.29, 0.717) is 17.5 Å². The third-order valence-corrected chi connectivity index (χ3v) is 9.41. The zero-order valence-electron chi connectivity index (χ0n) is 26.4. The molecular weight excluding hydrogens is 621 g/mol. The van der Waals surface area contributed by atoms with Gasteiger partial charge in [-0.3, -0.25) is 4.57 Å². The highest BCUT2D eigenvalue weighted by Gasteiger charge is 2.23. The van der Waals surface area contributed by atoms with E-state index in [1.807, 2.05) is 109 Å². The standard InChI is InChI=1S/C42H24N6O2/c1-3-12-25(13-4-1)38-44-39(26-14-5-2-6-15-26)46-40(45-38)29-17-11-21-35-36(29)30-24-27(22-23-34(30)49-35)47-31-18-8-9-19-32(31)48-41-37(43-42(47)48)28-16-7-10-20-33(28)50-41/h1-24H. The molecule has 0 aliphatic heterocycles. The summed E-state index contributed by atoms with van der Waals surface area (Å²) in [7, 11) is 0. The number of aromatic nitrogens is 6. The molecule has 0 aliphatic carbocycles. The van der Waals surface area contributed by atoms with Crippen LogP contribution in [0.3, 0.4) is 0 Å². The summed E-state index contributed by atoms with van der Waals surface area (Å²) in [6.45, 7) is 0. The molecule has 11 aromatic rings. The van der Waals surface area contributed by atoms with Gasteiger partial charge in [0.05, 0.1) is 16.7 Å². The Kier molecular flexibility index (Phi) is 5.51. The van der Waals surface area contributed by atoms with Gasteiger partial charge in [0.15, 0.2) is 17.5 Å². The first-order valence-electron chi connectivity index (χ1n) is 16.4. The Balaban J connectivity index is 1.17. The molecule has 8 heteroatoms. The number of hydrogen-bond acceptors (Lipinski definition) is 6. The minimum Gasteiger partial charge on any atom is -0.456 e. The van der Waals surface area contributed by atoms with Gasteiger partial charge in [0.1, 0.15) is 22.3 Å². The van der Waals surface area contributed by atoms with E-state index in [2.05, 4.69) is 45.4 Å². The number of nitrogens with zero attached hydrogens (tertiary/aromatic N) is 6. The van der Waals surface area contributed by atoms with Crippen molar-refractivity contribution in [1.29, 1.82) is 0 Å². The second kappa shape index (κ2) is 10.2. The van der Waals surface area contributed by atoms with Gasteiger partial charge in [-0.2, -0.15) is 0 Å². The van der Waals surface area contributed by atoms with Crippen molar-refractivity contribution in [3.63, 3.8) is 0 Å². The number of fused-ring (bicyclic) bond motifs is 10. The van der Waals surface area contributed by atoms with E-state index in [-0.39, 0.29) is 0 Å². The Hall–Kier alpha value is -7.06. The predicted molar refractivity (Wildman–Crippen MR) is 196 cm³/mol. The van der Waals surface area contributed by atoms with Gasteiger partial charge in [-0.05, 0) is 48.5 Å². The lowest BCUT2D eigenvalue weighted by molar-refractivity contribution is 0.651. The van der Waals surface area contributed by atoms with Gasteiger partial charge >= 0.3 is 0 Å². The second-order valence-corrected chi connectivity index (χ2v) is 12.3. The number of rotatable bonds is 4. The molecule has 0 saturated carbocycles. The summed E-state index contributed by atoms with van der Waals surface area (Å²) in [6.07, 6.45) is 0. The highest BCUT2D eigenvalue weighted by atomic mass is 16.3. The second-order valence-electron chi connectivity index (χ2n) is 12.3. The summed E-state index contributed by atoms with van der Waals surface area (Å²) in [5.41, 5.74) is 9.58. The van der Waals surface area contributed by atoms with Crippen LogP contribution in [0.2, 0.25) is 0 Å². The summed E-state index contributed by atoms with van der Waals surface area (Å²) in [5, 5.41) is 2.88. The van der Waals surface area contributed by atoms with Crippen LogP contribution in [0.25, 0.3) is 101 Å². The quantitative estimate of drug-likeness (QED) is 0.189. The van der Waals surface area contributed by atoms with Crippen molar-refractivity contribution in [2.24, 2.45) is 0 Å². The molecule has 0 N–H and O–H groups in total. The molecule has 0 radical (unpaired) electrons. The van der Waals surface area contributed by atoms with Crippen molar-refractivity contribution in [1.82, 2.24) is 28.9 Å². The van der Waals surface area contributed by atoms with Gasteiger partial charge in [-0.25, -0.2) is 24.3 Å². The Bertz CT molecular complexity index is 3040. The maximum Gasteiger partial charge on any atom is 0.234 e. The van der Waals surface area contributed by atoms with Crippen molar-refractivity contribution in [3.8, 4) is 39.9 Å². The van der Waals surface area contributed by atoms with Crippen LogP contribution in [0.4, 0.5) is 0 Å². The van der Waals surface area contributed by atoms with Crippen LogP contribution < -0.4 is 0 Å². The van der Waals surface area contributed by atoms with E-state index >= 15 is 0 Å². The summed E-state index contributed by atoms with van der Waals surface area (Å²) in [5.74, 6) is 2.57. The molecule has 5 aromatic heterocycles. The van der Waals surface area contributed by atoms with Crippen molar-refractivity contribution < 1.29 is 8.83 Å². The SMILES string of the molecule is c1ccc(-c2nc(-c3ccccc3)nc(-c3cccc4oc5ccc(-n6c7ccccc7n7c8oc9ccccc9c8nc67)cc5c34)n2)cc1. The monoisotopic (exact) mass is 644 g/mol. The highest BCUT2D eigenvalue weighted by molar-refractivity contribution is 6.12. The number of furan rings is 2. The van der Waals surface area contributed by atoms with Gasteiger partial charge < -0.3 is 8.83 Å². The van der Waals surface area contributed by atoms with Gasteiger partial charge in [0, 0.05) is 32.8 Å². The molecule has 5 heterocycles. The minimum atomic E-state index is 0.575. The third kappa shape index (κ3) is 3.87. The van der Waals surface area contributed by atoms with Crippen molar-refractivity contribution in [2.45, 2.75) is 0 Å². The Morgan fingerprint density at radius 2 is 1.10 bits per heavy atom. The first-order chi connectivity index (χ1) is 24.8. The molecule has 0 aliphatic rings. The van der Waals surface area contributed by atoms with Crippen molar-refractivity contribution >= 4 is 60.9 Å². The maximum absolute atomic E-state index is 6.46. The van der Waals surface area contributed by atoms with Crippen LogP contribution in [0.1, 0.15) is 0 Å². The number of hydrogen-bond donors (Lipinski definition) is 0. The van der Waals surface area contributed by atoms with Gasteiger partial charge in [0.2, 0.25) is 11.5 Å². The topological polar surface area (TPSA) is 87.2 Å². The lowest BCUT2D eigenvalue weighted by atomic mass is 10.0. The van der Waals surface area contributed by atoms with E-state index < -0.39 is 0 Å². The normalized spacial score (nSPS) is 12.0. The van der Waals surface area contributed by atoms with E-state index in [1.54, 1.807) is 0 Å². The molecular formula is C42H24N6O2.